The predicted octanol–water partition coefficient (Wildman–Crippen LogP) is 4.39. The molecule has 0 aliphatic rings. The third-order valence-corrected chi connectivity index (χ3v) is 4.66. The summed E-state index contributed by atoms with van der Waals surface area (Å²) >= 11 is 0. The molecule has 2 amide bonds. The van der Waals surface area contributed by atoms with E-state index in [2.05, 4.69) is 10.6 Å². The fourth-order valence-electron chi connectivity index (χ4n) is 3.05. The number of hydrogen-bond acceptors (Lipinski definition) is 4. The van der Waals surface area contributed by atoms with E-state index in [9.17, 15) is 19.7 Å². The smallest absolute Gasteiger partial charge is 0.285 e. The number of carbonyl (C=O) groups is 2. The Balaban J connectivity index is 1.79. The summed E-state index contributed by atoms with van der Waals surface area (Å²) < 4.78 is 0. The number of benzene rings is 3. The first-order chi connectivity index (χ1) is 14.4. The Kier molecular flexibility index (Phi) is 6.22. The van der Waals surface area contributed by atoms with Crippen molar-refractivity contribution in [3.63, 3.8) is 0 Å². The largest absolute Gasteiger partial charge is 0.348 e. The maximum atomic E-state index is 12.7. The molecule has 0 bridgehead atoms. The van der Waals surface area contributed by atoms with Crippen LogP contribution in [0.3, 0.4) is 0 Å². The van der Waals surface area contributed by atoms with Gasteiger partial charge in [-0.1, -0.05) is 54.1 Å². The van der Waals surface area contributed by atoms with Crippen LogP contribution in [-0.4, -0.2) is 16.7 Å². The van der Waals surface area contributed by atoms with E-state index >= 15 is 0 Å². The second-order valence-electron chi connectivity index (χ2n) is 6.90. The molecule has 0 saturated heterocycles. The number of carbonyl (C=O) groups excluding carboxylic acids is 2. The first kappa shape index (κ1) is 20.7. The van der Waals surface area contributed by atoms with Crippen LogP contribution in [0.1, 0.15) is 37.4 Å². The molecule has 3 rings (SSSR count). The number of aryl methyl sites for hydroxylation is 2. The number of nitro benzene ring substituents is 1. The Labute approximate surface area is 173 Å². The molecule has 152 valence electrons. The molecule has 0 radical (unpaired) electrons. The van der Waals surface area contributed by atoms with Gasteiger partial charge in [0.25, 0.3) is 17.5 Å². The normalized spacial score (nSPS) is 10.3. The van der Waals surface area contributed by atoms with Crippen molar-refractivity contribution in [1.29, 1.82) is 0 Å². The molecular weight excluding hydrogens is 382 g/mol. The lowest BCUT2D eigenvalue weighted by Crippen LogP contribution is -2.25. The minimum absolute atomic E-state index is 0.0603. The van der Waals surface area contributed by atoms with Gasteiger partial charge in [-0.05, 0) is 37.6 Å². The lowest BCUT2D eigenvalue weighted by molar-refractivity contribution is -0.385. The van der Waals surface area contributed by atoms with Crippen molar-refractivity contribution >= 4 is 23.2 Å². The summed E-state index contributed by atoms with van der Waals surface area (Å²) in [5.74, 6) is -1.01. The van der Waals surface area contributed by atoms with Gasteiger partial charge in [0.15, 0.2) is 0 Å². The zero-order valence-corrected chi connectivity index (χ0v) is 16.6. The van der Waals surface area contributed by atoms with Crippen LogP contribution in [0.15, 0.2) is 66.7 Å². The molecule has 3 aromatic rings. The average molecular weight is 403 g/mol. The molecule has 7 heteroatoms. The van der Waals surface area contributed by atoms with E-state index < -0.39 is 10.8 Å². The van der Waals surface area contributed by atoms with E-state index in [4.69, 9.17) is 0 Å². The molecule has 0 spiro atoms. The van der Waals surface area contributed by atoms with Crippen molar-refractivity contribution in [2.45, 2.75) is 20.4 Å². The highest BCUT2D eigenvalue weighted by atomic mass is 16.6. The predicted molar refractivity (Wildman–Crippen MR) is 115 cm³/mol. The molecule has 3 aromatic carbocycles. The summed E-state index contributed by atoms with van der Waals surface area (Å²) in [5.41, 5.74) is 2.70. The van der Waals surface area contributed by atoms with Crippen molar-refractivity contribution in [3.8, 4) is 0 Å². The fraction of sp³-hybridized carbons (Fsp3) is 0.130. The second kappa shape index (κ2) is 9.00. The molecule has 0 heterocycles. The maximum Gasteiger partial charge on any atom is 0.285 e. The topological polar surface area (TPSA) is 101 Å². The lowest BCUT2D eigenvalue weighted by atomic mass is 10.1. The monoisotopic (exact) mass is 403 g/mol. The first-order valence-corrected chi connectivity index (χ1v) is 9.35. The third kappa shape index (κ3) is 4.70. The summed E-state index contributed by atoms with van der Waals surface area (Å²) in [4.78, 5) is 36.2. The zero-order chi connectivity index (χ0) is 21.7. The number of amides is 2. The number of nitrogens with zero attached hydrogens (tertiary/aromatic N) is 1. The number of para-hydroxylation sites is 2. The van der Waals surface area contributed by atoms with Gasteiger partial charge in [0.05, 0.1) is 16.2 Å². The molecule has 0 unspecified atom stereocenters. The molecule has 0 aliphatic heterocycles. The van der Waals surface area contributed by atoms with Gasteiger partial charge in [-0.3, -0.25) is 19.7 Å². The zero-order valence-electron chi connectivity index (χ0n) is 16.6. The van der Waals surface area contributed by atoms with E-state index in [1.807, 2.05) is 31.2 Å². The van der Waals surface area contributed by atoms with Gasteiger partial charge in [-0.2, -0.15) is 0 Å². The highest BCUT2D eigenvalue weighted by Gasteiger charge is 2.23. The summed E-state index contributed by atoms with van der Waals surface area (Å²) in [5, 5.41) is 16.8. The van der Waals surface area contributed by atoms with Gasteiger partial charge in [0.1, 0.15) is 5.56 Å². The van der Waals surface area contributed by atoms with Gasteiger partial charge >= 0.3 is 0 Å². The Morgan fingerprint density at radius 2 is 1.53 bits per heavy atom. The molecule has 30 heavy (non-hydrogen) atoms. The molecule has 0 atom stereocenters. The van der Waals surface area contributed by atoms with Crippen molar-refractivity contribution < 1.29 is 14.5 Å². The fourth-order valence-corrected chi connectivity index (χ4v) is 3.05. The highest BCUT2D eigenvalue weighted by molar-refractivity contribution is 6.10. The SMILES string of the molecule is Cc1ccc(CNC(=O)c2ccccc2NC(=O)c2cccc(C)c2[N+](=O)[O-])cc1. The molecule has 0 saturated carbocycles. The third-order valence-electron chi connectivity index (χ3n) is 4.66. The molecule has 0 aromatic heterocycles. The molecule has 7 nitrogen and oxygen atoms in total. The van der Waals surface area contributed by atoms with Crippen molar-refractivity contribution in [2.75, 3.05) is 5.32 Å². The maximum absolute atomic E-state index is 12.7. The van der Waals surface area contributed by atoms with Crippen LogP contribution >= 0.6 is 0 Å². The van der Waals surface area contributed by atoms with E-state index in [0.29, 0.717) is 12.1 Å². The summed E-state index contributed by atoms with van der Waals surface area (Å²) in [6, 6.07) is 18.9. The summed E-state index contributed by atoms with van der Waals surface area (Å²) in [7, 11) is 0. The molecule has 0 fully saturated rings. The van der Waals surface area contributed by atoms with E-state index in [1.165, 1.54) is 6.07 Å². The van der Waals surface area contributed by atoms with Gasteiger partial charge in [-0.15, -0.1) is 0 Å². The number of rotatable bonds is 6. The van der Waals surface area contributed by atoms with E-state index in [1.54, 1.807) is 43.3 Å². The van der Waals surface area contributed by atoms with Crippen LogP contribution in [0.25, 0.3) is 0 Å². The summed E-state index contributed by atoms with van der Waals surface area (Å²) in [6.07, 6.45) is 0. The van der Waals surface area contributed by atoms with Crippen LogP contribution in [0.4, 0.5) is 11.4 Å². The van der Waals surface area contributed by atoms with Crippen molar-refractivity contribution in [2.24, 2.45) is 0 Å². The summed E-state index contributed by atoms with van der Waals surface area (Å²) in [6.45, 7) is 3.89. The van der Waals surface area contributed by atoms with E-state index in [0.717, 1.165) is 11.1 Å². The van der Waals surface area contributed by atoms with Crippen LogP contribution in [-0.2, 0) is 6.54 Å². The number of nitrogens with one attached hydrogen (secondary N) is 2. The molecular formula is C23H21N3O4. The van der Waals surface area contributed by atoms with Crippen molar-refractivity contribution in [3.05, 3.63) is 105 Å². The van der Waals surface area contributed by atoms with E-state index in [-0.39, 0.29) is 28.4 Å². The molecule has 0 aliphatic carbocycles. The first-order valence-electron chi connectivity index (χ1n) is 9.35. The Morgan fingerprint density at radius 3 is 2.23 bits per heavy atom. The standard InChI is InChI=1S/C23H21N3O4/c1-15-10-12-17(13-11-15)14-24-22(27)18-7-3-4-9-20(18)25-23(28)19-8-5-6-16(2)21(19)26(29)30/h3-13H,14H2,1-2H3,(H,24,27)(H,25,28). The molecule has 2 N–H and O–H groups in total. The lowest BCUT2D eigenvalue weighted by Gasteiger charge is -2.12. The number of hydrogen-bond donors (Lipinski definition) is 2. The van der Waals surface area contributed by atoms with Crippen molar-refractivity contribution in [1.82, 2.24) is 5.32 Å². The van der Waals surface area contributed by atoms with Gasteiger partial charge in [0, 0.05) is 12.1 Å². The number of nitro groups is 1. The van der Waals surface area contributed by atoms with Crippen LogP contribution in [0.2, 0.25) is 0 Å². The van der Waals surface area contributed by atoms with Crippen LogP contribution < -0.4 is 10.6 Å². The van der Waals surface area contributed by atoms with Gasteiger partial charge < -0.3 is 10.6 Å². The van der Waals surface area contributed by atoms with Crippen LogP contribution in [0, 0.1) is 24.0 Å². The highest BCUT2D eigenvalue weighted by Crippen LogP contribution is 2.25. The second-order valence-corrected chi connectivity index (χ2v) is 6.90. The minimum atomic E-state index is -0.649. The van der Waals surface area contributed by atoms with Gasteiger partial charge in [-0.25, -0.2) is 0 Å². The number of anilines is 1. The van der Waals surface area contributed by atoms with Crippen LogP contribution in [0.5, 0.6) is 0 Å². The van der Waals surface area contributed by atoms with Gasteiger partial charge in [0.2, 0.25) is 0 Å². The average Bonchev–Trinajstić information content (AvgIpc) is 2.73. The quantitative estimate of drug-likeness (QED) is 0.471. The minimum Gasteiger partial charge on any atom is -0.348 e. The Morgan fingerprint density at radius 1 is 0.867 bits per heavy atom. The Hall–Kier alpha value is -4.00. The Bertz CT molecular complexity index is 1110.